The molecule has 2 heteroatoms. The molecule has 1 aliphatic rings. The molecule has 0 saturated carbocycles. The number of benzene rings is 10. The smallest absolute Gasteiger partial charge is 0.140 e. The van der Waals surface area contributed by atoms with E-state index < -0.39 is 5.41 Å². The van der Waals surface area contributed by atoms with Gasteiger partial charge in [0.2, 0.25) is 0 Å². The van der Waals surface area contributed by atoms with Crippen LogP contribution in [-0.4, -0.2) is 0 Å². The highest BCUT2D eigenvalue weighted by Gasteiger charge is 2.48. The molecule has 0 atom stereocenters. The number of rotatable bonds is 7. The third-order valence-corrected chi connectivity index (χ3v) is 12.7. The second-order valence-electron chi connectivity index (χ2n) is 16.0. The molecular weight excluding hydrogens is 739 g/mol. The summed E-state index contributed by atoms with van der Waals surface area (Å²) in [5, 5.41) is 4.66. The lowest BCUT2D eigenvalue weighted by atomic mass is 9.67. The molecule has 0 saturated heterocycles. The highest BCUT2D eigenvalue weighted by Crippen LogP contribution is 2.58. The van der Waals surface area contributed by atoms with Gasteiger partial charge in [0.15, 0.2) is 0 Å². The van der Waals surface area contributed by atoms with Crippen LogP contribution < -0.4 is 4.90 Å². The van der Waals surface area contributed by atoms with Gasteiger partial charge in [-0.25, -0.2) is 0 Å². The Labute approximate surface area is 355 Å². The van der Waals surface area contributed by atoms with Crippen molar-refractivity contribution in [3.05, 3.63) is 259 Å². The van der Waals surface area contributed by atoms with Gasteiger partial charge in [-0.05, 0) is 103 Å². The maximum Gasteiger partial charge on any atom is 0.140 e. The Hall–Kier alpha value is -7.94. The van der Waals surface area contributed by atoms with Crippen molar-refractivity contribution in [2.75, 3.05) is 4.90 Å². The van der Waals surface area contributed by atoms with Crippen LogP contribution in [0.5, 0.6) is 0 Å². The van der Waals surface area contributed by atoms with Crippen LogP contribution in [0.4, 0.5) is 17.1 Å². The van der Waals surface area contributed by atoms with Crippen molar-refractivity contribution in [1.29, 1.82) is 0 Å². The fourth-order valence-electron chi connectivity index (χ4n) is 10.0. The van der Waals surface area contributed by atoms with Crippen LogP contribution in [-0.2, 0) is 5.41 Å². The molecule has 11 aromatic rings. The van der Waals surface area contributed by atoms with Gasteiger partial charge in [-0.2, -0.15) is 0 Å². The molecule has 2 nitrogen and oxygen atoms in total. The molecule has 1 aromatic heterocycles. The minimum atomic E-state index is -0.669. The fourth-order valence-corrected chi connectivity index (χ4v) is 10.0. The number of hydrogen-bond acceptors (Lipinski definition) is 2. The van der Waals surface area contributed by atoms with Crippen molar-refractivity contribution in [1.82, 2.24) is 0 Å². The lowest BCUT2D eigenvalue weighted by Gasteiger charge is -2.35. The molecule has 0 amide bonds. The highest BCUT2D eigenvalue weighted by molar-refractivity contribution is 6.09. The molecule has 0 N–H and O–H groups in total. The van der Waals surface area contributed by atoms with E-state index in [1.165, 1.54) is 60.8 Å². The number of hydrogen-bond donors (Lipinski definition) is 0. The summed E-state index contributed by atoms with van der Waals surface area (Å²) in [6, 6.07) is 85.9. The van der Waals surface area contributed by atoms with Crippen LogP contribution in [0.1, 0.15) is 22.3 Å². The third-order valence-electron chi connectivity index (χ3n) is 12.7. The van der Waals surface area contributed by atoms with Crippen LogP contribution in [0.15, 0.2) is 241 Å². The Kier molecular flexibility index (Phi) is 8.11. The summed E-state index contributed by atoms with van der Waals surface area (Å²) in [7, 11) is 0. The van der Waals surface area contributed by atoms with Crippen molar-refractivity contribution < 1.29 is 4.42 Å². The van der Waals surface area contributed by atoms with Crippen LogP contribution in [0, 0.1) is 0 Å². The highest BCUT2D eigenvalue weighted by atomic mass is 16.3. The second kappa shape index (κ2) is 14.1. The molecule has 0 aliphatic heterocycles. The zero-order valence-corrected chi connectivity index (χ0v) is 33.4. The molecule has 12 rings (SSSR count). The molecule has 61 heavy (non-hydrogen) atoms. The Balaban J connectivity index is 1.14. The molecule has 0 unspecified atom stereocenters. The van der Waals surface area contributed by atoms with E-state index in [1.54, 1.807) is 0 Å². The minimum Gasteiger partial charge on any atom is -0.456 e. The Morgan fingerprint density at radius 2 is 0.852 bits per heavy atom. The van der Waals surface area contributed by atoms with Crippen molar-refractivity contribution in [3.8, 4) is 33.4 Å². The summed E-state index contributed by atoms with van der Waals surface area (Å²) in [6.07, 6.45) is 0. The summed E-state index contributed by atoms with van der Waals surface area (Å²) < 4.78 is 7.06. The Morgan fingerprint density at radius 1 is 0.328 bits per heavy atom. The summed E-state index contributed by atoms with van der Waals surface area (Å²) >= 11 is 0. The first-order chi connectivity index (χ1) is 30.3. The van der Waals surface area contributed by atoms with Gasteiger partial charge >= 0.3 is 0 Å². The van der Waals surface area contributed by atoms with Gasteiger partial charge in [0.1, 0.15) is 11.2 Å². The topological polar surface area (TPSA) is 16.4 Å². The van der Waals surface area contributed by atoms with Crippen LogP contribution in [0.25, 0.3) is 66.1 Å². The van der Waals surface area contributed by atoms with Gasteiger partial charge in [0.05, 0.1) is 5.41 Å². The molecule has 0 bridgehead atoms. The Bertz CT molecular complexity index is 3350. The van der Waals surface area contributed by atoms with E-state index in [9.17, 15) is 0 Å². The molecule has 1 heterocycles. The van der Waals surface area contributed by atoms with E-state index in [0.29, 0.717) is 0 Å². The van der Waals surface area contributed by atoms with E-state index in [4.69, 9.17) is 4.42 Å². The maximum absolute atomic E-state index is 7.06. The van der Waals surface area contributed by atoms with E-state index in [2.05, 4.69) is 241 Å². The van der Waals surface area contributed by atoms with Crippen molar-refractivity contribution in [3.63, 3.8) is 0 Å². The third kappa shape index (κ3) is 5.50. The molecule has 0 spiro atoms. The zero-order chi connectivity index (χ0) is 40.3. The number of anilines is 3. The predicted molar refractivity (Wildman–Crippen MR) is 254 cm³/mol. The normalized spacial score (nSPS) is 12.7. The molecular formula is C59H39NO. The lowest BCUT2D eigenvalue weighted by Crippen LogP contribution is -2.29. The van der Waals surface area contributed by atoms with Crippen molar-refractivity contribution in [2.45, 2.75) is 5.41 Å². The monoisotopic (exact) mass is 777 g/mol. The lowest BCUT2D eigenvalue weighted by molar-refractivity contribution is 0.648. The first-order valence-corrected chi connectivity index (χ1v) is 21.0. The Morgan fingerprint density at radius 3 is 1.56 bits per heavy atom. The molecule has 286 valence electrons. The van der Waals surface area contributed by atoms with E-state index in [1.807, 2.05) is 0 Å². The molecule has 0 fully saturated rings. The molecule has 10 aromatic carbocycles. The van der Waals surface area contributed by atoms with Crippen molar-refractivity contribution >= 4 is 49.8 Å². The largest absolute Gasteiger partial charge is 0.456 e. The maximum atomic E-state index is 7.06. The second-order valence-corrected chi connectivity index (χ2v) is 16.0. The van der Waals surface area contributed by atoms with Gasteiger partial charge < -0.3 is 9.32 Å². The first kappa shape index (κ1) is 35.0. The summed E-state index contributed by atoms with van der Waals surface area (Å²) in [5.74, 6) is 0. The van der Waals surface area contributed by atoms with Gasteiger partial charge in [0, 0.05) is 33.4 Å². The quantitative estimate of drug-likeness (QED) is 0.160. The van der Waals surface area contributed by atoms with Crippen LogP contribution >= 0.6 is 0 Å². The van der Waals surface area contributed by atoms with Gasteiger partial charge in [-0.1, -0.05) is 194 Å². The van der Waals surface area contributed by atoms with E-state index >= 15 is 0 Å². The minimum absolute atomic E-state index is 0.669. The number of para-hydroxylation sites is 1. The summed E-state index contributed by atoms with van der Waals surface area (Å²) in [5.41, 5.74) is 16.3. The van der Waals surface area contributed by atoms with E-state index in [0.717, 1.165) is 44.6 Å². The average Bonchev–Trinajstić information content (AvgIpc) is 3.86. The molecule has 0 radical (unpaired) electrons. The number of fused-ring (bicyclic) bond motifs is 7. The van der Waals surface area contributed by atoms with Crippen LogP contribution in [0.3, 0.4) is 0 Å². The first-order valence-electron chi connectivity index (χ1n) is 21.0. The summed E-state index contributed by atoms with van der Waals surface area (Å²) in [4.78, 5) is 2.41. The van der Waals surface area contributed by atoms with Gasteiger partial charge in [-0.3, -0.25) is 0 Å². The van der Waals surface area contributed by atoms with E-state index in [-0.39, 0.29) is 0 Å². The van der Waals surface area contributed by atoms with Gasteiger partial charge in [-0.15, -0.1) is 0 Å². The van der Waals surface area contributed by atoms with Crippen molar-refractivity contribution in [2.24, 2.45) is 0 Å². The SMILES string of the molecule is c1ccc(-c2ccc(N(c3ccc(-c4cccc5ccccc45)cc3)c3cc(C4(c5ccccc5)c5ccccc5-c5ccccc54)c4oc5ccccc5c4c3)cc2)cc1. The van der Waals surface area contributed by atoms with Crippen LogP contribution in [0.2, 0.25) is 0 Å². The summed E-state index contributed by atoms with van der Waals surface area (Å²) in [6.45, 7) is 0. The fraction of sp³-hybridized carbons (Fsp3) is 0.0169. The number of furan rings is 1. The van der Waals surface area contributed by atoms with Gasteiger partial charge in [0.25, 0.3) is 0 Å². The number of nitrogens with zero attached hydrogens (tertiary/aromatic N) is 1. The predicted octanol–water partition coefficient (Wildman–Crippen LogP) is 15.9. The zero-order valence-electron chi connectivity index (χ0n) is 33.4. The standard InChI is InChI=1S/C59H39NO/c1-3-16-40(17-4-1)41-30-34-45(35-31-41)60(46-36-32-43(33-37-46)49-26-15-19-42-18-7-8-22-48(42)49)47-38-53-52-25-11-14-29-57(52)61-58(53)56(39-47)59(44-20-5-2-6-21-44)54-27-12-9-23-50(54)51-24-10-13-28-55(51)59/h1-39H. The average molecular weight is 778 g/mol. The molecule has 1 aliphatic carbocycles.